The SMILES string of the molecule is C=C(C)C(=O)OCC(COC)C1CCC(c2ccc(CCCCC)cc2)CC1.C=C(C=O)CO. The second-order valence-corrected chi connectivity index (χ2v) is 9.34. The van der Waals surface area contributed by atoms with Crippen LogP contribution in [0.5, 0.6) is 0 Å². The van der Waals surface area contributed by atoms with Crippen molar-refractivity contribution in [3.05, 3.63) is 59.7 Å². The zero-order valence-electron chi connectivity index (χ0n) is 21.4. The molecule has 1 aliphatic carbocycles. The van der Waals surface area contributed by atoms with Gasteiger partial charge in [0.1, 0.15) is 6.29 Å². The zero-order valence-corrected chi connectivity index (χ0v) is 21.4. The molecule has 1 atom stereocenters. The fourth-order valence-electron chi connectivity index (χ4n) is 4.34. The number of aryl methyl sites for hydroxylation is 1. The van der Waals surface area contributed by atoms with Crippen molar-refractivity contribution in [3.8, 4) is 0 Å². The van der Waals surface area contributed by atoms with Gasteiger partial charge >= 0.3 is 5.97 Å². The number of methoxy groups -OCH3 is 1. The van der Waals surface area contributed by atoms with E-state index in [1.165, 1.54) is 62.5 Å². The van der Waals surface area contributed by atoms with Crippen LogP contribution in [0.3, 0.4) is 0 Å². The number of aliphatic hydroxyl groups is 1. The van der Waals surface area contributed by atoms with Crippen molar-refractivity contribution >= 4 is 12.3 Å². The molecule has 1 aliphatic rings. The number of hydrogen-bond donors (Lipinski definition) is 1. The van der Waals surface area contributed by atoms with Gasteiger partial charge in [0.25, 0.3) is 0 Å². The van der Waals surface area contributed by atoms with E-state index >= 15 is 0 Å². The maximum Gasteiger partial charge on any atom is 0.333 e. The van der Waals surface area contributed by atoms with Gasteiger partial charge in [-0.25, -0.2) is 4.79 Å². The highest BCUT2D eigenvalue weighted by Gasteiger charge is 2.29. The molecule has 1 fully saturated rings. The molecule has 0 bridgehead atoms. The highest BCUT2D eigenvalue weighted by molar-refractivity contribution is 5.86. The molecular weight excluding hydrogens is 428 g/mol. The van der Waals surface area contributed by atoms with Gasteiger partial charge in [-0.05, 0) is 68.4 Å². The molecule has 5 nitrogen and oxygen atoms in total. The van der Waals surface area contributed by atoms with Crippen molar-refractivity contribution in [1.82, 2.24) is 0 Å². The predicted molar refractivity (Wildman–Crippen MR) is 138 cm³/mol. The van der Waals surface area contributed by atoms with Crippen LogP contribution in [-0.4, -0.2) is 44.3 Å². The average molecular weight is 473 g/mol. The van der Waals surface area contributed by atoms with Crippen LogP contribution in [-0.2, 0) is 25.5 Å². The number of ether oxygens (including phenoxy) is 2. The van der Waals surface area contributed by atoms with E-state index in [1.54, 1.807) is 14.0 Å². The lowest BCUT2D eigenvalue weighted by Crippen LogP contribution is -2.29. The Balaban J connectivity index is 0.000000852. The second-order valence-electron chi connectivity index (χ2n) is 9.34. The fraction of sp³-hybridized carbons (Fsp3) is 0.586. The first-order valence-electron chi connectivity index (χ1n) is 12.5. The van der Waals surface area contributed by atoms with Crippen molar-refractivity contribution in [1.29, 1.82) is 0 Å². The summed E-state index contributed by atoms with van der Waals surface area (Å²) >= 11 is 0. The molecule has 0 spiro atoms. The molecule has 0 heterocycles. The number of benzene rings is 1. The maximum atomic E-state index is 11.7. The summed E-state index contributed by atoms with van der Waals surface area (Å²) in [4.78, 5) is 21.2. The second kappa shape index (κ2) is 17.2. The predicted octanol–water partition coefficient (Wildman–Crippen LogP) is 5.81. The van der Waals surface area contributed by atoms with Crippen molar-refractivity contribution in [2.24, 2.45) is 11.8 Å². The first kappa shape index (κ1) is 29.8. The first-order valence-corrected chi connectivity index (χ1v) is 12.5. The van der Waals surface area contributed by atoms with Crippen LogP contribution in [0, 0.1) is 11.8 Å². The van der Waals surface area contributed by atoms with Gasteiger partial charge in [0.2, 0.25) is 0 Å². The third kappa shape index (κ3) is 11.3. The van der Waals surface area contributed by atoms with Crippen LogP contribution in [0.1, 0.15) is 75.8 Å². The lowest BCUT2D eigenvalue weighted by Gasteiger charge is -2.33. The topological polar surface area (TPSA) is 72.8 Å². The van der Waals surface area contributed by atoms with Crippen LogP contribution < -0.4 is 0 Å². The minimum absolute atomic E-state index is 0.218. The summed E-state index contributed by atoms with van der Waals surface area (Å²) in [5.74, 6) is 1.19. The molecule has 1 N–H and O–H groups in total. The Bertz CT molecular complexity index is 744. The third-order valence-electron chi connectivity index (χ3n) is 6.49. The summed E-state index contributed by atoms with van der Waals surface area (Å²) in [5, 5.41) is 8.00. The normalized spacial score (nSPS) is 18.2. The molecule has 0 amide bonds. The van der Waals surface area contributed by atoms with E-state index in [0.29, 0.717) is 36.9 Å². The van der Waals surface area contributed by atoms with Gasteiger partial charge in [-0.1, -0.05) is 57.2 Å². The lowest BCUT2D eigenvalue weighted by molar-refractivity contribution is -0.141. The molecule has 1 aromatic rings. The van der Waals surface area contributed by atoms with E-state index in [2.05, 4.69) is 44.3 Å². The van der Waals surface area contributed by atoms with Crippen molar-refractivity contribution in [3.63, 3.8) is 0 Å². The molecule has 1 unspecified atom stereocenters. The van der Waals surface area contributed by atoms with Crippen LogP contribution in [0.4, 0.5) is 0 Å². The highest BCUT2D eigenvalue weighted by Crippen LogP contribution is 2.39. The molecule has 5 heteroatoms. The van der Waals surface area contributed by atoms with Crippen molar-refractivity contribution in [2.75, 3.05) is 26.9 Å². The number of hydrogen-bond acceptors (Lipinski definition) is 5. The minimum atomic E-state index is -0.297. The number of carbonyl (C=O) groups excluding carboxylic acids is 2. The average Bonchev–Trinajstić information content (AvgIpc) is 2.87. The van der Waals surface area contributed by atoms with E-state index < -0.39 is 0 Å². The van der Waals surface area contributed by atoms with Gasteiger partial charge in [-0.2, -0.15) is 0 Å². The van der Waals surface area contributed by atoms with E-state index in [4.69, 9.17) is 14.6 Å². The van der Waals surface area contributed by atoms with E-state index in [-0.39, 0.29) is 24.1 Å². The third-order valence-corrected chi connectivity index (χ3v) is 6.49. The van der Waals surface area contributed by atoms with Gasteiger partial charge in [0, 0.05) is 24.2 Å². The Morgan fingerprint density at radius 3 is 2.24 bits per heavy atom. The molecule has 0 aliphatic heterocycles. The van der Waals surface area contributed by atoms with Gasteiger partial charge < -0.3 is 14.6 Å². The van der Waals surface area contributed by atoms with Crippen LogP contribution in [0.25, 0.3) is 0 Å². The summed E-state index contributed by atoms with van der Waals surface area (Å²) in [5.41, 5.74) is 3.62. The molecular formula is C29H44O5. The van der Waals surface area contributed by atoms with E-state index in [1.807, 2.05) is 0 Å². The number of unbranched alkanes of at least 4 members (excludes halogenated alkanes) is 2. The van der Waals surface area contributed by atoms with Crippen LogP contribution in [0.15, 0.2) is 48.6 Å². The summed E-state index contributed by atoms with van der Waals surface area (Å²) in [6.07, 6.45) is 10.3. The first-order chi connectivity index (χ1) is 16.4. The summed E-state index contributed by atoms with van der Waals surface area (Å²) in [6.45, 7) is 11.6. The van der Waals surface area contributed by atoms with Gasteiger partial charge in [0.05, 0.1) is 19.8 Å². The highest BCUT2D eigenvalue weighted by atomic mass is 16.5. The lowest BCUT2D eigenvalue weighted by atomic mass is 9.74. The Morgan fingerprint density at radius 1 is 1.12 bits per heavy atom. The Kier molecular flexibility index (Phi) is 15.1. The number of esters is 1. The van der Waals surface area contributed by atoms with Crippen LogP contribution >= 0.6 is 0 Å². The summed E-state index contributed by atoms with van der Waals surface area (Å²) < 4.78 is 10.8. The van der Waals surface area contributed by atoms with Crippen molar-refractivity contribution < 1.29 is 24.2 Å². The van der Waals surface area contributed by atoms with Gasteiger partial charge in [-0.15, -0.1) is 0 Å². The Hall–Kier alpha value is -2.24. The monoisotopic (exact) mass is 472 g/mol. The maximum absolute atomic E-state index is 11.7. The number of aldehydes is 1. The molecule has 0 radical (unpaired) electrons. The molecule has 34 heavy (non-hydrogen) atoms. The number of aliphatic hydroxyl groups excluding tert-OH is 1. The van der Waals surface area contributed by atoms with Crippen molar-refractivity contribution in [2.45, 2.75) is 71.1 Å². The number of carbonyl (C=O) groups is 2. The molecule has 1 aromatic carbocycles. The molecule has 190 valence electrons. The van der Waals surface area contributed by atoms with Crippen LogP contribution in [0.2, 0.25) is 0 Å². The van der Waals surface area contributed by atoms with Gasteiger partial charge in [-0.3, -0.25) is 4.79 Å². The van der Waals surface area contributed by atoms with Gasteiger partial charge in [0.15, 0.2) is 0 Å². The standard InChI is InChI=1S/C25H38O3.C4H6O2/c1-5-6-7-8-20-9-11-21(12-10-20)22-13-15-23(16-14-22)24(17-27-4)18-28-25(26)19(2)3;1-4(2-5)3-6/h9-12,22-24H,2,5-8,13-18H2,1,3-4H3;2,6H,1,3H2. The zero-order chi connectivity index (χ0) is 25.3. The smallest absolute Gasteiger partial charge is 0.333 e. The molecule has 1 saturated carbocycles. The Morgan fingerprint density at radius 2 is 1.76 bits per heavy atom. The summed E-state index contributed by atoms with van der Waals surface area (Å²) in [7, 11) is 1.72. The summed E-state index contributed by atoms with van der Waals surface area (Å²) in [6, 6.07) is 9.32. The van der Waals surface area contributed by atoms with E-state index in [9.17, 15) is 9.59 Å². The largest absolute Gasteiger partial charge is 0.462 e. The van der Waals surface area contributed by atoms with E-state index in [0.717, 1.165) is 0 Å². The fourth-order valence-corrected chi connectivity index (χ4v) is 4.34. The minimum Gasteiger partial charge on any atom is -0.462 e. The molecule has 2 rings (SSSR count). The molecule has 0 aromatic heterocycles. The Labute approximate surface area is 206 Å². The quantitative estimate of drug-likeness (QED) is 0.170. The molecule has 0 saturated heterocycles. The number of rotatable bonds is 13.